The zero-order chi connectivity index (χ0) is 20.9. The lowest BCUT2D eigenvalue weighted by Gasteiger charge is -2.15. The summed E-state index contributed by atoms with van der Waals surface area (Å²) in [5.41, 5.74) is 5.38. The monoisotopic (exact) mass is 401 g/mol. The second-order valence-corrected chi connectivity index (χ2v) is 7.95. The van der Waals surface area contributed by atoms with Crippen LogP contribution in [0.5, 0.6) is 5.75 Å². The van der Waals surface area contributed by atoms with Crippen molar-refractivity contribution in [2.75, 3.05) is 6.61 Å². The molecule has 3 aromatic carbocycles. The Morgan fingerprint density at radius 2 is 1.90 bits per heavy atom. The molecule has 0 heterocycles. The number of carbonyl (C=O) groups excluding carboxylic acids is 1. The van der Waals surface area contributed by atoms with Crippen molar-refractivity contribution < 1.29 is 14.6 Å². The highest BCUT2D eigenvalue weighted by Gasteiger charge is 2.23. The van der Waals surface area contributed by atoms with Crippen LogP contribution in [0, 0.1) is 12.8 Å². The van der Waals surface area contributed by atoms with E-state index in [0.29, 0.717) is 30.4 Å². The molecule has 3 aromatic rings. The Morgan fingerprint density at radius 1 is 1.07 bits per heavy atom. The Bertz CT molecular complexity index is 1040. The Balaban J connectivity index is 1.60. The van der Waals surface area contributed by atoms with Crippen molar-refractivity contribution >= 4 is 5.91 Å². The van der Waals surface area contributed by atoms with E-state index < -0.39 is 0 Å². The molecule has 0 bridgehead atoms. The van der Waals surface area contributed by atoms with E-state index in [-0.39, 0.29) is 12.5 Å². The van der Waals surface area contributed by atoms with E-state index in [0.717, 1.165) is 27.8 Å². The molecule has 0 spiro atoms. The molecule has 0 aliphatic heterocycles. The van der Waals surface area contributed by atoms with E-state index in [4.69, 9.17) is 4.74 Å². The first-order chi connectivity index (χ1) is 14.6. The number of aliphatic hydroxyl groups excluding tert-OH is 1. The number of hydrogen-bond acceptors (Lipinski definition) is 3. The van der Waals surface area contributed by atoms with E-state index in [9.17, 15) is 9.90 Å². The summed E-state index contributed by atoms with van der Waals surface area (Å²) in [6, 6.07) is 21.5. The summed E-state index contributed by atoms with van der Waals surface area (Å²) in [4.78, 5) is 13.1. The first kappa shape index (κ1) is 20.2. The summed E-state index contributed by atoms with van der Waals surface area (Å²) in [6.45, 7) is 3.09. The predicted octanol–water partition coefficient (Wildman–Crippen LogP) is 4.87. The number of carbonyl (C=O) groups is 1. The number of ether oxygens (including phenoxy) is 1. The van der Waals surface area contributed by atoms with Gasteiger partial charge in [0, 0.05) is 6.54 Å². The van der Waals surface area contributed by atoms with Gasteiger partial charge in [0.2, 0.25) is 0 Å². The summed E-state index contributed by atoms with van der Waals surface area (Å²) in [6.07, 6.45) is 2.38. The summed E-state index contributed by atoms with van der Waals surface area (Å²) in [5.74, 6) is 1.04. The van der Waals surface area contributed by atoms with E-state index in [1.807, 2.05) is 67.6 Å². The average molecular weight is 402 g/mol. The summed E-state index contributed by atoms with van der Waals surface area (Å²) in [5, 5.41) is 12.7. The lowest BCUT2D eigenvalue weighted by molar-refractivity contribution is 0.0946. The highest BCUT2D eigenvalue weighted by atomic mass is 16.5. The molecule has 1 saturated carbocycles. The third kappa shape index (κ3) is 4.89. The molecule has 0 aromatic heterocycles. The van der Waals surface area contributed by atoms with Crippen LogP contribution in [0.1, 0.15) is 39.9 Å². The molecular weight excluding hydrogens is 374 g/mol. The van der Waals surface area contributed by atoms with Crippen LogP contribution in [0.25, 0.3) is 11.1 Å². The topological polar surface area (TPSA) is 58.6 Å². The van der Waals surface area contributed by atoms with Crippen molar-refractivity contribution in [2.24, 2.45) is 5.92 Å². The first-order valence-corrected chi connectivity index (χ1v) is 10.4. The maximum Gasteiger partial charge on any atom is 0.255 e. The Morgan fingerprint density at radius 3 is 2.67 bits per heavy atom. The lowest BCUT2D eigenvalue weighted by atomic mass is 9.97. The number of rotatable bonds is 8. The SMILES string of the molecule is Cc1cccc(CNC(=O)c2cc(-c3ccccc3CO)ccc2OCC2CC2)c1. The minimum Gasteiger partial charge on any atom is -0.492 e. The fraction of sp³-hybridized carbons (Fsp3) is 0.269. The van der Waals surface area contributed by atoms with Crippen molar-refractivity contribution in [3.05, 3.63) is 89.0 Å². The molecule has 4 rings (SSSR count). The van der Waals surface area contributed by atoms with Crippen LogP contribution in [0.4, 0.5) is 0 Å². The second kappa shape index (κ2) is 9.14. The van der Waals surface area contributed by atoms with E-state index in [1.54, 1.807) is 0 Å². The standard InChI is InChI=1S/C26H27NO3/c1-18-5-4-6-20(13-18)15-27-26(29)24-14-21(23-8-3-2-7-22(23)16-28)11-12-25(24)30-17-19-9-10-19/h2-8,11-14,19,28H,9-10,15-17H2,1H3,(H,27,29). The molecule has 4 heteroatoms. The van der Waals surface area contributed by atoms with Gasteiger partial charge in [-0.3, -0.25) is 4.79 Å². The van der Waals surface area contributed by atoms with Gasteiger partial charge in [-0.2, -0.15) is 0 Å². The summed E-state index contributed by atoms with van der Waals surface area (Å²) >= 11 is 0. The molecule has 0 radical (unpaired) electrons. The van der Waals surface area contributed by atoms with Gasteiger partial charge in [-0.15, -0.1) is 0 Å². The molecule has 1 aliphatic rings. The number of benzene rings is 3. The van der Waals surface area contributed by atoms with Crippen LogP contribution in [0.2, 0.25) is 0 Å². The van der Waals surface area contributed by atoms with Gasteiger partial charge >= 0.3 is 0 Å². The fourth-order valence-corrected chi connectivity index (χ4v) is 3.53. The molecule has 1 fully saturated rings. The lowest BCUT2D eigenvalue weighted by Crippen LogP contribution is -2.23. The molecule has 1 amide bonds. The smallest absolute Gasteiger partial charge is 0.255 e. The van der Waals surface area contributed by atoms with Crippen LogP contribution in [0.15, 0.2) is 66.7 Å². The van der Waals surface area contributed by atoms with Gasteiger partial charge in [0.15, 0.2) is 0 Å². The molecule has 30 heavy (non-hydrogen) atoms. The van der Waals surface area contributed by atoms with Gasteiger partial charge in [-0.25, -0.2) is 0 Å². The molecular formula is C26H27NO3. The average Bonchev–Trinajstić information content (AvgIpc) is 3.60. The number of amides is 1. The number of aryl methyl sites for hydroxylation is 1. The largest absolute Gasteiger partial charge is 0.492 e. The van der Waals surface area contributed by atoms with Gasteiger partial charge in [0.05, 0.1) is 18.8 Å². The van der Waals surface area contributed by atoms with Crippen LogP contribution in [-0.4, -0.2) is 17.6 Å². The normalized spacial score (nSPS) is 13.1. The molecule has 1 aliphatic carbocycles. The summed E-state index contributed by atoms with van der Waals surface area (Å²) in [7, 11) is 0. The quantitative estimate of drug-likeness (QED) is 0.566. The number of nitrogens with one attached hydrogen (secondary N) is 1. The van der Waals surface area contributed by atoms with E-state index in [2.05, 4.69) is 11.4 Å². The van der Waals surface area contributed by atoms with Gasteiger partial charge in [-0.1, -0.05) is 60.2 Å². The van der Waals surface area contributed by atoms with Crippen molar-refractivity contribution in [1.82, 2.24) is 5.32 Å². The molecule has 0 atom stereocenters. The second-order valence-electron chi connectivity index (χ2n) is 7.95. The Hall–Kier alpha value is -3.11. The zero-order valence-corrected chi connectivity index (χ0v) is 17.2. The van der Waals surface area contributed by atoms with E-state index >= 15 is 0 Å². The van der Waals surface area contributed by atoms with Gasteiger partial charge in [0.1, 0.15) is 5.75 Å². The molecule has 0 saturated heterocycles. The highest BCUT2D eigenvalue weighted by Crippen LogP contribution is 2.33. The predicted molar refractivity (Wildman–Crippen MR) is 118 cm³/mol. The maximum atomic E-state index is 13.1. The minimum atomic E-state index is -0.161. The highest BCUT2D eigenvalue weighted by molar-refractivity contribution is 5.98. The third-order valence-corrected chi connectivity index (χ3v) is 5.43. The molecule has 2 N–H and O–H groups in total. The minimum absolute atomic E-state index is 0.0506. The summed E-state index contributed by atoms with van der Waals surface area (Å²) < 4.78 is 5.99. The number of hydrogen-bond donors (Lipinski definition) is 2. The third-order valence-electron chi connectivity index (χ3n) is 5.43. The Labute approximate surface area is 177 Å². The Kier molecular flexibility index (Phi) is 6.15. The fourth-order valence-electron chi connectivity index (χ4n) is 3.53. The van der Waals surface area contributed by atoms with Gasteiger partial charge < -0.3 is 15.2 Å². The van der Waals surface area contributed by atoms with Gasteiger partial charge in [-0.05, 0) is 60.1 Å². The number of aliphatic hydroxyl groups is 1. The van der Waals surface area contributed by atoms with Crippen LogP contribution in [0.3, 0.4) is 0 Å². The first-order valence-electron chi connectivity index (χ1n) is 10.4. The molecule has 154 valence electrons. The molecule has 4 nitrogen and oxygen atoms in total. The molecule has 0 unspecified atom stereocenters. The van der Waals surface area contributed by atoms with Crippen molar-refractivity contribution in [3.8, 4) is 16.9 Å². The van der Waals surface area contributed by atoms with Crippen molar-refractivity contribution in [2.45, 2.75) is 32.9 Å². The van der Waals surface area contributed by atoms with Crippen LogP contribution in [-0.2, 0) is 13.2 Å². The van der Waals surface area contributed by atoms with Crippen molar-refractivity contribution in [3.63, 3.8) is 0 Å². The zero-order valence-electron chi connectivity index (χ0n) is 17.2. The van der Waals surface area contributed by atoms with E-state index in [1.165, 1.54) is 12.8 Å². The van der Waals surface area contributed by atoms with Crippen LogP contribution < -0.4 is 10.1 Å². The maximum absolute atomic E-state index is 13.1. The van der Waals surface area contributed by atoms with Crippen LogP contribution >= 0.6 is 0 Å². The van der Waals surface area contributed by atoms with Crippen molar-refractivity contribution in [1.29, 1.82) is 0 Å². The van der Waals surface area contributed by atoms with Gasteiger partial charge in [0.25, 0.3) is 5.91 Å².